The maximum absolute atomic E-state index is 12.8. The van der Waals surface area contributed by atoms with Gasteiger partial charge in [0.2, 0.25) is 11.8 Å². The number of nitrogens with zero attached hydrogens (tertiary/aromatic N) is 4. The lowest BCUT2D eigenvalue weighted by atomic mass is 10.2. The number of carbonyl (C=O) groups excluding carboxylic acids is 2. The summed E-state index contributed by atoms with van der Waals surface area (Å²) < 4.78 is 5.19. The van der Waals surface area contributed by atoms with Gasteiger partial charge in [0.15, 0.2) is 0 Å². The molecule has 7 nitrogen and oxygen atoms in total. The molecule has 0 bridgehead atoms. The highest BCUT2D eigenvalue weighted by molar-refractivity contribution is 5.96. The summed E-state index contributed by atoms with van der Waals surface area (Å²) in [7, 11) is 1.52. The van der Waals surface area contributed by atoms with Gasteiger partial charge in [-0.3, -0.25) is 14.5 Å². The second kappa shape index (κ2) is 9.36. The quantitative estimate of drug-likeness (QED) is 0.770. The molecule has 1 aromatic heterocycles. The van der Waals surface area contributed by atoms with Crippen molar-refractivity contribution in [3.8, 4) is 5.88 Å². The first-order valence-corrected chi connectivity index (χ1v) is 8.89. The molecule has 0 atom stereocenters. The summed E-state index contributed by atoms with van der Waals surface area (Å²) in [5.41, 5.74) is 0.484. The van der Waals surface area contributed by atoms with Crippen LogP contribution in [0.1, 0.15) is 30.6 Å². The topological polar surface area (TPSA) is 66.0 Å². The maximum atomic E-state index is 12.8. The van der Waals surface area contributed by atoms with E-state index >= 15 is 0 Å². The first kappa shape index (κ1) is 19.2. The van der Waals surface area contributed by atoms with Crippen LogP contribution in [0, 0.1) is 0 Å². The number of methoxy groups -OCH3 is 1. The molecule has 0 saturated carbocycles. The summed E-state index contributed by atoms with van der Waals surface area (Å²) in [6.07, 6.45) is 2.46. The lowest BCUT2D eigenvalue weighted by molar-refractivity contribution is -0.132. The molecule has 1 aliphatic heterocycles. The Hall–Kier alpha value is -2.15. The lowest BCUT2D eigenvalue weighted by Crippen LogP contribution is -2.42. The van der Waals surface area contributed by atoms with Crippen LogP contribution in [0.4, 0.5) is 0 Å². The number of hydrogen-bond donors (Lipinski definition) is 0. The van der Waals surface area contributed by atoms with E-state index in [0.717, 1.165) is 26.1 Å². The molecular formula is C18H28N4O3. The SMILES string of the molecule is CCN(CC)C(=O)CN1CCCN(C(=O)c2cccnc2OC)CC1. The maximum Gasteiger partial charge on any atom is 0.259 e. The molecule has 0 N–H and O–H groups in total. The molecule has 1 aliphatic rings. The molecule has 138 valence electrons. The van der Waals surface area contributed by atoms with Gasteiger partial charge in [0.05, 0.1) is 13.7 Å². The summed E-state index contributed by atoms with van der Waals surface area (Å²) in [6.45, 7) is 8.65. The number of rotatable bonds is 6. The van der Waals surface area contributed by atoms with Gasteiger partial charge in [0, 0.05) is 45.5 Å². The zero-order valence-electron chi connectivity index (χ0n) is 15.4. The van der Waals surface area contributed by atoms with Crippen LogP contribution in [-0.2, 0) is 4.79 Å². The zero-order valence-corrected chi connectivity index (χ0v) is 15.4. The van der Waals surface area contributed by atoms with Gasteiger partial charge in [-0.15, -0.1) is 0 Å². The molecule has 2 amide bonds. The second-order valence-electron chi connectivity index (χ2n) is 6.05. The van der Waals surface area contributed by atoms with Gasteiger partial charge in [-0.05, 0) is 32.4 Å². The van der Waals surface area contributed by atoms with Crippen LogP contribution in [0.2, 0.25) is 0 Å². The average Bonchev–Trinajstić information content (AvgIpc) is 2.87. The number of carbonyl (C=O) groups is 2. The van der Waals surface area contributed by atoms with E-state index in [1.54, 1.807) is 18.3 Å². The Labute approximate surface area is 149 Å². The second-order valence-corrected chi connectivity index (χ2v) is 6.05. The van der Waals surface area contributed by atoms with Gasteiger partial charge < -0.3 is 14.5 Å². The summed E-state index contributed by atoms with van der Waals surface area (Å²) in [5.74, 6) is 0.436. The van der Waals surface area contributed by atoms with E-state index in [0.29, 0.717) is 37.6 Å². The Balaban J connectivity index is 1.97. The van der Waals surface area contributed by atoms with Crippen molar-refractivity contribution in [1.82, 2.24) is 19.7 Å². The van der Waals surface area contributed by atoms with Crippen LogP contribution in [0.25, 0.3) is 0 Å². The van der Waals surface area contributed by atoms with E-state index in [9.17, 15) is 9.59 Å². The summed E-state index contributed by atoms with van der Waals surface area (Å²) in [6, 6.07) is 3.48. The predicted molar refractivity (Wildman–Crippen MR) is 95.7 cm³/mol. The van der Waals surface area contributed by atoms with Crippen molar-refractivity contribution < 1.29 is 14.3 Å². The molecule has 7 heteroatoms. The molecule has 2 heterocycles. The van der Waals surface area contributed by atoms with Crippen LogP contribution in [0.5, 0.6) is 5.88 Å². The highest BCUT2D eigenvalue weighted by Gasteiger charge is 2.24. The molecule has 25 heavy (non-hydrogen) atoms. The van der Waals surface area contributed by atoms with Crippen LogP contribution in [0.15, 0.2) is 18.3 Å². The number of hydrogen-bond acceptors (Lipinski definition) is 5. The molecule has 0 aliphatic carbocycles. The Bertz CT molecular complexity index is 589. The number of amides is 2. The zero-order chi connectivity index (χ0) is 18.2. The van der Waals surface area contributed by atoms with Gasteiger partial charge in [-0.25, -0.2) is 4.98 Å². The fourth-order valence-electron chi connectivity index (χ4n) is 3.09. The van der Waals surface area contributed by atoms with Crippen molar-refractivity contribution in [2.75, 3.05) is 52.9 Å². The monoisotopic (exact) mass is 348 g/mol. The van der Waals surface area contributed by atoms with E-state index < -0.39 is 0 Å². The third-order valence-electron chi connectivity index (χ3n) is 4.55. The molecule has 1 aromatic rings. The van der Waals surface area contributed by atoms with Gasteiger partial charge >= 0.3 is 0 Å². The third kappa shape index (κ3) is 4.92. The average molecular weight is 348 g/mol. The molecule has 0 radical (unpaired) electrons. The predicted octanol–water partition coefficient (Wildman–Crippen LogP) is 1.11. The molecule has 0 spiro atoms. The van der Waals surface area contributed by atoms with Crippen molar-refractivity contribution in [3.63, 3.8) is 0 Å². The molecule has 0 unspecified atom stereocenters. The first-order chi connectivity index (χ1) is 12.1. The number of pyridine rings is 1. The number of ether oxygens (including phenoxy) is 1. The minimum atomic E-state index is -0.0677. The first-order valence-electron chi connectivity index (χ1n) is 8.89. The molecule has 0 aromatic carbocycles. The highest BCUT2D eigenvalue weighted by atomic mass is 16.5. The summed E-state index contributed by atoms with van der Waals surface area (Å²) in [4.78, 5) is 35.0. The van der Waals surface area contributed by atoms with Crippen LogP contribution >= 0.6 is 0 Å². The van der Waals surface area contributed by atoms with Crippen LogP contribution in [-0.4, -0.2) is 84.4 Å². The van der Waals surface area contributed by atoms with E-state index in [4.69, 9.17) is 4.74 Å². The standard InChI is InChI=1S/C18H28N4O3/c1-4-21(5-2)16(23)14-20-10-7-11-22(13-12-20)18(24)15-8-6-9-19-17(15)25-3/h6,8-9H,4-5,7,10-14H2,1-3H3. The van der Waals surface area contributed by atoms with E-state index in [-0.39, 0.29) is 11.8 Å². The smallest absolute Gasteiger partial charge is 0.259 e. The number of aromatic nitrogens is 1. The minimum Gasteiger partial charge on any atom is -0.480 e. The molecule has 1 saturated heterocycles. The molecule has 1 fully saturated rings. The molecular weight excluding hydrogens is 320 g/mol. The minimum absolute atomic E-state index is 0.0677. The van der Waals surface area contributed by atoms with Gasteiger partial charge in [-0.1, -0.05) is 0 Å². The lowest BCUT2D eigenvalue weighted by Gasteiger charge is -2.25. The molecule has 2 rings (SSSR count). The third-order valence-corrected chi connectivity index (χ3v) is 4.55. The largest absolute Gasteiger partial charge is 0.480 e. The van der Waals surface area contributed by atoms with Gasteiger partial charge in [-0.2, -0.15) is 0 Å². The number of likely N-dealkylation sites (N-methyl/N-ethyl adjacent to an activating group) is 1. The Morgan fingerprint density at radius 1 is 1.20 bits per heavy atom. The van der Waals surface area contributed by atoms with E-state index in [1.807, 2.05) is 23.6 Å². The fraction of sp³-hybridized carbons (Fsp3) is 0.611. The van der Waals surface area contributed by atoms with Crippen LogP contribution in [0.3, 0.4) is 0 Å². The van der Waals surface area contributed by atoms with Crippen molar-refractivity contribution in [3.05, 3.63) is 23.9 Å². The van der Waals surface area contributed by atoms with Crippen molar-refractivity contribution in [2.45, 2.75) is 20.3 Å². The van der Waals surface area contributed by atoms with E-state index in [2.05, 4.69) is 9.88 Å². The van der Waals surface area contributed by atoms with Crippen molar-refractivity contribution in [2.24, 2.45) is 0 Å². The normalized spacial score (nSPS) is 15.6. The summed E-state index contributed by atoms with van der Waals surface area (Å²) >= 11 is 0. The van der Waals surface area contributed by atoms with Crippen LogP contribution < -0.4 is 4.74 Å². The fourth-order valence-corrected chi connectivity index (χ4v) is 3.09. The van der Waals surface area contributed by atoms with Gasteiger partial charge in [0.25, 0.3) is 5.91 Å². The summed E-state index contributed by atoms with van der Waals surface area (Å²) in [5, 5.41) is 0. The van der Waals surface area contributed by atoms with Crippen molar-refractivity contribution in [1.29, 1.82) is 0 Å². The Morgan fingerprint density at radius 3 is 2.64 bits per heavy atom. The highest BCUT2D eigenvalue weighted by Crippen LogP contribution is 2.17. The van der Waals surface area contributed by atoms with Crippen molar-refractivity contribution >= 4 is 11.8 Å². The van der Waals surface area contributed by atoms with Gasteiger partial charge in [0.1, 0.15) is 5.56 Å². The Kier molecular flexibility index (Phi) is 7.18. The van der Waals surface area contributed by atoms with E-state index in [1.165, 1.54) is 7.11 Å². The Morgan fingerprint density at radius 2 is 1.96 bits per heavy atom.